The van der Waals surface area contributed by atoms with Gasteiger partial charge < -0.3 is 10.1 Å². The first-order valence-electron chi connectivity index (χ1n) is 5.31. The zero-order valence-electron chi connectivity index (χ0n) is 9.43. The third-order valence-corrected chi connectivity index (χ3v) is 3.07. The summed E-state index contributed by atoms with van der Waals surface area (Å²) in [6, 6.07) is 4.01. The molecule has 0 spiro atoms. The van der Waals surface area contributed by atoms with Gasteiger partial charge in [-0.3, -0.25) is 4.79 Å². The Labute approximate surface area is 104 Å². The lowest BCUT2D eigenvalue weighted by atomic mass is 9.88. The summed E-state index contributed by atoms with van der Waals surface area (Å²) in [5, 5.41) is 2.77. The van der Waals surface area contributed by atoms with Crippen LogP contribution in [0.5, 0.6) is 0 Å². The molecule has 0 unspecified atom stereocenters. The van der Waals surface area contributed by atoms with Crippen molar-refractivity contribution < 1.29 is 13.9 Å². The second-order valence-corrected chi connectivity index (χ2v) is 5.02. The fraction of sp³-hybridized carbons (Fsp3) is 0.417. The molecule has 1 aromatic rings. The standard InChI is InChI=1S/C12H13ClFNO2/c1-12(6-17-7-12)5-15-11(16)8-2-3-9(13)10(14)4-8/h2-4H,5-7H2,1H3,(H,15,16). The average Bonchev–Trinajstić information content (AvgIpc) is 2.27. The van der Waals surface area contributed by atoms with Crippen LogP contribution in [0.25, 0.3) is 0 Å². The van der Waals surface area contributed by atoms with E-state index < -0.39 is 5.82 Å². The lowest BCUT2D eigenvalue weighted by Gasteiger charge is -2.38. The molecular formula is C12H13ClFNO2. The van der Waals surface area contributed by atoms with Gasteiger partial charge in [-0.05, 0) is 18.2 Å². The Morgan fingerprint density at radius 2 is 2.29 bits per heavy atom. The molecule has 0 bridgehead atoms. The smallest absolute Gasteiger partial charge is 0.251 e. The minimum absolute atomic E-state index is 0.000625. The van der Waals surface area contributed by atoms with Crippen molar-refractivity contribution in [3.05, 3.63) is 34.6 Å². The van der Waals surface area contributed by atoms with E-state index in [1.54, 1.807) is 0 Å². The second kappa shape index (κ2) is 4.63. The maximum atomic E-state index is 13.2. The number of amides is 1. The predicted octanol–water partition coefficient (Wildman–Crippen LogP) is 2.25. The van der Waals surface area contributed by atoms with E-state index in [1.165, 1.54) is 12.1 Å². The molecule has 17 heavy (non-hydrogen) atoms. The zero-order valence-corrected chi connectivity index (χ0v) is 10.2. The Kier molecular flexibility index (Phi) is 3.35. The molecule has 1 aliphatic rings. The largest absolute Gasteiger partial charge is 0.380 e. The minimum atomic E-state index is -0.586. The minimum Gasteiger partial charge on any atom is -0.380 e. The molecule has 0 saturated carbocycles. The first kappa shape index (κ1) is 12.3. The third-order valence-electron chi connectivity index (χ3n) is 2.76. The van der Waals surface area contributed by atoms with Gasteiger partial charge in [-0.2, -0.15) is 0 Å². The van der Waals surface area contributed by atoms with Crippen LogP contribution in [0, 0.1) is 11.2 Å². The number of hydrogen-bond donors (Lipinski definition) is 1. The number of carbonyl (C=O) groups excluding carboxylic acids is 1. The fourth-order valence-electron chi connectivity index (χ4n) is 1.59. The van der Waals surface area contributed by atoms with Gasteiger partial charge in [-0.15, -0.1) is 0 Å². The molecule has 1 aliphatic heterocycles. The van der Waals surface area contributed by atoms with E-state index in [0.717, 1.165) is 6.07 Å². The van der Waals surface area contributed by atoms with Crippen LogP contribution in [0.3, 0.4) is 0 Å². The Hall–Kier alpha value is -1.13. The van der Waals surface area contributed by atoms with Crippen LogP contribution in [0.4, 0.5) is 4.39 Å². The van der Waals surface area contributed by atoms with Gasteiger partial charge in [0.1, 0.15) is 5.82 Å². The van der Waals surface area contributed by atoms with E-state index in [0.29, 0.717) is 19.8 Å². The first-order valence-corrected chi connectivity index (χ1v) is 5.69. The Balaban J connectivity index is 1.97. The van der Waals surface area contributed by atoms with Gasteiger partial charge in [0.2, 0.25) is 0 Å². The van der Waals surface area contributed by atoms with Crippen LogP contribution < -0.4 is 5.32 Å². The van der Waals surface area contributed by atoms with Crippen LogP contribution in [0.1, 0.15) is 17.3 Å². The normalized spacial score (nSPS) is 17.4. The van der Waals surface area contributed by atoms with Crippen molar-refractivity contribution in [3.8, 4) is 0 Å². The summed E-state index contributed by atoms with van der Waals surface area (Å²) in [6.07, 6.45) is 0. The van der Waals surface area contributed by atoms with E-state index in [1.807, 2.05) is 6.92 Å². The van der Waals surface area contributed by atoms with E-state index in [4.69, 9.17) is 16.3 Å². The zero-order chi connectivity index (χ0) is 12.5. The second-order valence-electron chi connectivity index (χ2n) is 4.62. The Morgan fingerprint density at radius 1 is 1.59 bits per heavy atom. The van der Waals surface area contributed by atoms with E-state index >= 15 is 0 Å². The molecule has 1 fully saturated rings. The highest BCUT2D eigenvalue weighted by atomic mass is 35.5. The highest BCUT2D eigenvalue weighted by Gasteiger charge is 2.33. The summed E-state index contributed by atoms with van der Waals surface area (Å²) >= 11 is 5.54. The predicted molar refractivity (Wildman–Crippen MR) is 62.7 cm³/mol. The van der Waals surface area contributed by atoms with Crippen LogP contribution in [0.2, 0.25) is 5.02 Å². The van der Waals surface area contributed by atoms with Crippen molar-refractivity contribution in [1.29, 1.82) is 0 Å². The van der Waals surface area contributed by atoms with Gasteiger partial charge in [0, 0.05) is 17.5 Å². The lowest BCUT2D eigenvalue weighted by Crippen LogP contribution is -2.48. The van der Waals surface area contributed by atoms with Crippen molar-refractivity contribution in [1.82, 2.24) is 5.32 Å². The quantitative estimate of drug-likeness (QED) is 0.902. The number of halogens is 2. The van der Waals surface area contributed by atoms with Crippen LogP contribution in [-0.2, 0) is 4.74 Å². The summed E-state index contributed by atoms with van der Waals surface area (Å²) in [7, 11) is 0. The van der Waals surface area contributed by atoms with Gasteiger partial charge in [0.25, 0.3) is 5.91 Å². The number of benzene rings is 1. The maximum Gasteiger partial charge on any atom is 0.251 e. The number of hydrogen-bond acceptors (Lipinski definition) is 2. The highest BCUT2D eigenvalue weighted by molar-refractivity contribution is 6.30. The van der Waals surface area contributed by atoms with Crippen LogP contribution >= 0.6 is 11.6 Å². The van der Waals surface area contributed by atoms with E-state index in [2.05, 4.69) is 5.32 Å². The SMILES string of the molecule is CC1(CNC(=O)c2ccc(Cl)c(F)c2)COC1. The van der Waals surface area contributed by atoms with Crippen molar-refractivity contribution >= 4 is 17.5 Å². The highest BCUT2D eigenvalue weighted by Crippen LogP contribution is 2.25. The average molecular weight is 258 g/mol. The van der Waals surface area contributed by atoms with Crippen molar-refractivity contribution in [3.63, 3.8) is 0 Å². The van der Waals surface area contributed by atoms with Crippen LogP contribution in [-0.4, -0.2) is 25.7 Å². The topological polar surface area (TPSA) is 38.3 Å². The molecule has 1 saturated heterocycles. The number of rotatable bonds is 3. The first-order chi connectivity index (χ1) is 8.00. The summed E-state index contributed by atoms with van der Waals surface area (Å²) in [4.78, 5) is 11.7. The van der Waals surface area contributed by atoms with E-state index in [-0.39, 0.29) is 21.9 Å². The van der Waals surface area contributed by atoms with Gasteiger partial charge in [-0.25, -0.2) is 4.39 Å². The Bertz CT molecular complexity index is 446. The molecular weight excluding hydrogens is 245 g/mol. The van der Waals surface area contributed by atoms with Crippen molar-refractivity contribution in [2.24, 2.45) is 5.41 Å². The molecule has 1 aromatic carbocycles. The molecule has 3 nitrogen and oxygen atoms in total. The molecule has 2 rings (SSSR count). The molecule has 0 atom stereocenters. The lowest BCUT2D eigenvalue weighted by molar-refractivity contribution is -0.0978. The molecule has 1 N–H and O–H groups in total. The summed E-state index contributed by atoms with van der Waals surface area (Å²) in [5.41, 5.74) is 0.274. The fourth-order valence-corrected chi connectivity index (χ4v) is 1.70. The molecule has 92 valence electrons. The molecule has 5 heteroatoms. The van der Waals surface area contributed by atoms with Gasteiger partial charge in [-0.1, -0.05) is 18.5 Å². The van der Waals surface area contributed by atoms with Crippen molar-refractivity contribution in [2.75, 3.05) is 19.8 Å². The summed E-state index contributed by atoms with van der Waals surface area (Å²) in [6.45, 7) is 3.83. The summed E-state index contributed by atoms with van der Waals surface area (Å²) < 4.78 is 18.2. The van der Waals surface area contributed by atoms with Gasteiger partial charge >= 0.3 is 0 Å². The number of ether oxygens (including phenoxy) is 1. The maximum absolute atomic E-state index is 13.2. The Morgan fingerprint density at radius 3 is 2.82 bits per heavy atom. The number of nitrogens with one attached hydrogen (secondary N) is 1. The van der Waals surface area contributed by atoms with E-state index in [9.17, 15) is 9.18 Å². The number of carbonyl (C=O) groups is 1. The molecule has 0 aromatic heterocycles. The van der Waals surface area contributed by atoms with Crippen molar-refractivity contribution in [2.45, 2.75) is 6.92 Å². The van der Waals surface area contributed by atoms with Crippen LogP contribution in [0.15, 0.2) is 18.2 Å². The molecule has 1 heterocycles. The van der Waals surface area contributed by atoms with Gasteiger partial charge in [0.15, 0.2) is 0 Å². The monoisotopic (exact) mass is 257 g/mol. The molecule has 1 amide bonds. The molecule has 0 radical (unpaired) electrons. The van der Waals surface area contributed by atoms with Gasteiger partial charge in [0.05, 0.1) is 18.2 Å². The third kappa shape index (κ3) is 2.76. The summed E-state index contributed by atoms with van der Waals surface area (Å²) in [5.74, 6) is -0.883. The molecule has 0 aliphatic carbocycles.